The summed E-state index contributed by atoms with van der Waals surface area (Å²) >= 11 is 0. The number of likely N-dealkylation sites (tertiary alicyclic amines) is 1. The molecule has 0 N–H and O–H groups in total. The van der Waals surface area contributed by atoms with Crippen LogP contribution in [0.5, 0.6) is 0 Å². The SMILES string of the molecule is O=C(c1cn(C[C@@H]2CC(F)(F)CN2C(=O)c2ccco2)nn1)N1CCOCC1. The molecule has 4 heterocycles. The highest BCUT2D eigenvalue weighted by atomic mass is 19.3. The highest BCUT2D eigenvalue weighted by Crippen LogP contribution is 2.33. The lowest BCUT2D eigenvalue weighted by Gasteiger charge is -2.25. The van der Waals surface area contributed by atoms with Crippen molar-refractivity contribution in [2.75, 3.05) is 32.8 Å². The van der Waals surface area contributed by atoms with Gasteiger partial charge in [-0.3, -0.25) is 9.59 Å². The molecular weight excluding hydrogens is 376 g/mol. The number of hydrogen-bond acceptors (Lipinski definition) is 6. The Balaban J connectivity index is 1.47. The zero-order chi connectivity index (χ0) is 19.7. The van der Waals surface area contributed by atoms with Crippen LogP contribution in [0, 0.1) is 0 Å². The van der Waals surface area contributed by atoms with Gasteiger partial charge in [-0.2, -0.15) is 0 Å². The molecule has 0 aliphatic carbocycles. The van der Waals surface area contributed by atoms with Gasteiger partial charge in [0.2, 0.25) is 0 Å². The first-order valence-electron chi connectivity index (χ1n) is 8.92. The van der Waals surface area contributed by atoms with Crippen molar-refractivity contribution < 1.29 is 27.5 Å². The predicted molar refractivity (Wildman–Crippen MR) is 89.8 cm³/mol. The van der Waals surface area contributed by atoms with Gasteiger partial charge in [0.1, 0.15) is 0 Å². The summed E-state index contributed by atoms with van der Waals surface area (Å²) < 4.78 is 39.5. The maximum atomic E-state index is 14.0. The van der Waals surface area contributed by atoms with E-state index in [0.29, 0.717) is 26.3 Å². The Hall–Kier alpha value is -2.82. The van der Waals surface area contributed by atoms with E-state index in [4.69, 9.17) is 9.15 Å². The molecule has 2 aromatic rings. The lowest BCUT2D eigenvalue weighted by molar-refractivity contribution is 0.0113. The lowest BCUT2D eigenvalue weighted by Crippen LogP contribution is -2.40. The summed E-state index contributed by atoms with van der Waals surface area (Å²) in [6.07, 6.45) is 2.24. The quantitative estimate of drug-likeness (QED) is 0.764. The summed E-state index contributed by atoms with van der Waals surface area (Å²) in [6.45, 7) is 1.16. The van der Waals surface area contributed by atoms with Gasteiger partial charge in [0.25, 0.3) is 17.7 Å². The van der Waals surface area contributed by atoms with E-state index in [-0.39, 0.29) is 23.9 Å². The van der Waals surface area contributed by atoms with Gasteiger partial charge in [-0.15, -0.1) is 5.10 Å². The number of hydrogen-bond donors (Lipinski definition) is 0. The molecule has 2 amide bonds. The van der Waals surface area contributed by atoms with Crippen LogP contribution in [-0.2, 0) is 11.3 Å². The van der Waals surface area contributed by atoms with E-state index in [1.807, 2.05) is 0 Å². The number of amides is 2. The highest BCUT2D eigenvalue weighted by Gasteiger charge is 2.47. The first-order chi connectivity index (χ1) is 13.4. The molecule has 2 aromatic heterocycles. The second-order valence-corrected chi connectivity index (χ2v) is 6.85. The molecule has 1 atom stereocenters. The molecule has 0 spiro atoms. The van der Waals surface area contributed by atoms with Crippen molar-refractivity contribution in [2.24, 2.45) is 0 Å². The minimum absolute atomic E-state index is 0.00414. The molecule has 11 heteroatoms. The second kappa shape index (κ2) is 7.30. The summed E-state index contributed by atoms with van der Waals surface area (Å²) in [7, 11) is 0. The average molecular weight is 395 g/mol. The number of ether oxygens (including phenoxy) is 1. The van der Waals surface area contributed by atoms with Crippen molar-refractivity contribution in [3.63, 3.8) is 0 Å². The molecule has 2 aliphatic rings. The number of halogens is 2. The van der Waals surface area contributed by atoms with Crippen molar-refractivity contribution in [2.45, 2.75) is 24.9 Å². The van der Waals surface area contributed by atoms with E-state index >= 15 is 0 Å². The number of nitrogens with zero attached hydrogens (tertiary/aromatic N) is 5. The number of morpholine rings is 1. The molecule has 9 nitrogen and oxygen atoms in total. The molecule has 0 saturated carbocycles. The van der Waals surface area contributed by atoms with Crippen LogP contribution in [0.2, 0.25) is 0 Å². The molecule has 28 heavy (non-hydrogen) atoms. The maximum Gasteiger partial charge on any atom is 0.290 e. The van der Waals surface area contributed by atoms with Gasteiger partial charge in [-0.25, -0.2) is 13.5 Å². The van der Waals surface area contributed by atoms with Crippen LogP contribution in [-0.4, -0.2) is 81.4 Å². The smallest absolute Gasteiger partial charge is 0.290 e. The molecule has 0 aromatic carbocycles. The number of carbonyl (C=O) groups excluding carboxylic acids is 2. The normalized spacial score (nSPS) is 21.9. The van der Waals surface area contributed by atoms with Crippen LogP contribution in [0.3, 0.4) is 0 Å². The van der Waals surface area contributed by atoms with Gasteiger partial charge in [0, 0.05) is 19.5 Å². The molecule has 0 bridgehead atoms. The van der Waals surface area contributed by atoms with Crippen molar-refractivity contribution in [3.05, 3.63) is 36.0 Å². The van der Waals surface area contributed by atoms with E-state index in [0.717, 1.165) is 4.90 Å². The van der Waals surface area contributed by atoms with Gasteiger partial charge in [-0.1, -0.05) is 5.21 Å². The van der Waals surface area contributed by atoms with Crippen molar-refractivity contribution in [3.8, 4) is 0 Å². The predicted octanol–water partition coefficient (Wildman–Crippen LogP) is 0.893. The Morgan fingerprint density at radius 1 is 1.25 bits per heavy atom. The number of carbonyl (C=O) groups is 2. The van der Waals surface area contributed by atoms with Gasteiger partial charge >= 0.3 is 0 Å². The van der Waals surface area contributed by atoms with Gasteiger partial charge in [-0.05, 0) is 12.1 Å². The summed E-state index contributed by atoms with van der Waals surface area (Å²) in [4.78, 5) is 27.6. The minimum Gasteiger partial charge on any atom is -0.459 e. The minimum atomic E-state index is -3.00. The van der Waals surface area contributed by atoms with Gasteiger partial charge in [0.05, 0.1) is 44.8 Å². The van der Waals surface area contributed by atoms with Crippen LogP contribution >= 0.6 is 0 Å². The van der Waals surface area contributed by atoms with Gasteiger partial charge in [0.15, 0.2) is 11.5 Å². The Morgan fingerprint density at radius 3 is 2.75 bits per heavy atom. The number of furan rings is 1. The topological polar surface area (TPSA) is 93.7 Å². The molecular formula is C17H19F2N5O4. The molecule has 2 aliphatic heterocycles. The van der Waals surface area contributed by atoms with Gasteiger partial charge < -0.3 is 19.0 Å². The van der Waals surface area contributed by atoms with E-state index in [1.165, 1.54) is 29.3 Å². The zero-order valence-electron chi connectivity index (χ0n) is 15.0. The molecule has 0 radical (unpaired) electrons. The third-order valence-corrected chi connectivity index (χ3v) is 4.82. The Labute approximate surface area is 158 Å². The highest BCUT2D eigenvalue weighted by molar-refractivity contribution is 5.92. The first-order valence-corrected chi connectivity index (χ1v) is 8.92. The summed E-state index contributed by atoms with van der Waals surface area (Å²) in [5.74, 6) is -3.88. The van der Waals surface area contributed by atoms with Crippen molar-refractivity contribution >= 4 is 11.8 Å². The molecule has 2 saturated heterocycles. The Morgan fingerprint density at radius 2 is 2.04 bits per heavy atom. The standard InChI is InChI=1S/C17H19F2N5O4/c18-17(19)8-12(24(11-17)16(26)14-2-1-5-28-14)9-23-10-13(20-21-23)15(25)22-3-6-27-7-4-22/h1-2,5,10,12H,3-4,6-9,11H2/t12-/m0/s1. The van der Waals surface area contributed by atoms with E-state index < -0.39 is 30.8 Å². The molecule has 4 rings (SSSR count). The average Bonchev–Trinajstić information content (AvgIpc) is 3.42. The maximum absolute atomic E-state index is 14.0. The largest absolute Gasteiger partial charge is 0.459 e. The Kier molecular flexibility index (Phi) is 4.84. The monoisotopic (exact) mass is 395 g/mol. The lowest BCUT2D eigenvalue weighted by atomic mass is 10.2. The molecule has 150 valence electrons. The van der Waals surface area contributed by atoms with Crippen LogP contribution in [0.25, 0.3) is 0 Å². The number of alkyl halides is 2. The van der Waals surface area contributed by atoms with E-state index in [9.17, 15) is 18.4 Å². The fourth-order valence-corrected chi connectivity index (χ4v) is 3.47. The zero-order valence-corrected chi connectivity index (χ0v) is 15.0. The third kappa shape index (κ3) is 3.75. The van der Waals surface area contributed by atoms with Crippen molar-refractivity contribution in [1.82, 2.24) is 24.8 Å². The van der Waals surface area contributed by atoms with Crippen LogP contribution in [0.1, 0.15) is 27.5 Å². The second-order valence-electron chi connectivity index (χ2n) is 6.85. The summed E-state index contributed by atoms with van der Waals surface area (Å²) in [5.41, 5.74) is 0.135. The Bertz CT molecular complexity index is 848. The summed E-state index contributed by atoms with van der Waals surface area (Å²) in [6, 6.07) is 2.17. The van der Waals surface area contributed by atoms with E-state index in [1.54, 1.807) is 4.90 Å². The van der Waals surface area contributed by atoms with Crippen LogP contribution < -0.4 is 0 Å². The van der Waals surface area contributed by atoms with Crippen LogP contribution in [0.15, 0.2) is 29.0 Å². The fraction of sp³-hybridized carbons (Fsp3) is 0.529. The molecule has 2 fully saturated rings. The fourth-order valence-electron chi connectivity index (χ4n) is 3.47. The number of aromatic nitrogens is 3. The summed E-state index contributed by atoms with van der Waals surface area (Å²) in [5, 5.41) is 7.74. The van der Waals surface area contributed by atoms with Crippen LogP contribution in [0.4, 0.5) is 8.78 Å². The molecule has 0 unspecified atom stereocenters. The first kappa shape index (κ1) is 18.5. The number of rotatable bonds is 4. The third-order valence-electron chi connectivity index (χ3n) is 4.82. The van der Waals surface area contributed by atoms with Crippen molar-refractivity contribution in [1.29, 1.82) is 0 Å². The van der Waals surface area contributed by atoms with E-state index in [2.05, 4.69) is 10.3 Å².